The molecule has 0 atom stereocenters. The van der Waals surface area contributed by atoms with Gasteiger partial charge in [0.15, 0.2) is 0 Å². The molecule has 0 unspecified atom stereocenters. The van der Waals surface area contributed by atoms with E-state index in [1.807, 2.05) is 0 Å². The Morgan fingerprint density at radius 1 is 1.24 bits per heavy atom. The monoisotopic (exact) mass is 330 g/mol. The third-order valence-corrected chi connectivity index (χ3v) is 7.23. The SMILES string of the molecule is O=C1OCCCN1C1CCN(S(=O)(=O)c2cccs2)CC1. The van der Waals surface area contributed by atoms with E-state index in [-0.39, 0.29) is 12.1 Å². The maximum atomic E-state index is 12.4. The lowest BCUT2D eigenvalue weighted by Gasteiger charge is -2.38. The fraction of sp³-hybridized carbons (Fsp3) is 0.615. The van der Waals surface area contributed by atoms with Gasteiger partial charge < -0.3 is 9.64 Å². The first-order valence-electron chi connectivity index (χ1n) is 7.06. The Labute approximate surface area is 128 Å². The predicted octanol–water partition coefficient (Wildman–Crippen LogP) is 1.74. The molecular weight excluding hydrogens is 312 g/mol. The Hall–Kier alpha value is -1.12. The number of rotatable bonds is 3. The molecule has 1 aromatic heterocycles. The molecule has 0 aliphatic carbocycles. The lowest BCUT2D eigenvalue weighted by molar-refractivity contribution is 0.0442. The van der Waals surface area contributed by atoms with Crippen molar-refractivity contribution >= 4 is 27.5 Å². The summed E-state index contributed by atoms with van der Waals surface area (Å²) >= 11 is 1.24. The number of amides is 1. The molecule has 116 valence electrons. The minimum Gasteiger partial charge on any atom is -0.449 e. The minimum absolute atomic E-state index is 0.0904. The molecule has 2 saturated heterocycles. The molecule has 0 N–H and O–H groups in total. The normalized spacial score (nSPS) is 22.3. The lowest BCUT2D eigenvalue weighted by Crippen LogP contribution is -2.50. The number of sulfonamides is 1. The topological polar surface area (TPSA) is 66.9 Å². The first-order chi connectivity index (χ1) is 10.1. The highest BCUT2D eigenvalue weighted by atomic mass is 32.2. The Balaban J connectivity index is 1.64. The molecule has 1 aromatic rings. The zero-order chi connectivity index (χ0) is 14.9. The second kappa shape index (κ2) is 5.94. The van der Waals surface area contributed by atoms with Gasteiger partial charge in [-0.25, -0.2) is 13.2 Å². The van der Waals surface area contributed by atoms with Crippen molar-refractivity contribution in [3.8, 4) is 0 Å². The van der Waals surface area contributed by atoms with Crippen molar-refractivity contribution in [3.05, 3.63) is 17.5 Å². The van der Waals surface area contributed by atoms with Crippen molar-refractivity contribution in [1.82, 2.24) is 9.21 Å². The summed E-state index contributed by atoms with van der Waals surface area (Å²) in [5.74, 6) is 0. The van der Waals surface area contributed by atoms with Crippen LogP contribution in [0.25, 0.3) is 0 Å². The van der Waals surface area contributed by atoms with Gasteiger partial charge in [0.1, 0.15) is 4.21 Å². The van der Waals surface area contributed by atoms with E-state index in [0.29, 0.717) is 43.3 Å². The first kappa shape index (κ1) is 14.8. The number of hydrogen-bond donors (Lipinski definition) is 0. The summed E-state index contributed by atoms with van der Waals surface area (Å²) < 4.78 is 31.8. The largest absolute Gasteiger partial charge is 0.449 e. The Bertz CT molecular complexity index is 592. The van der Waals surface area contributed by atoms with Gasteiger partial charge in [0.2, 0.25) is 0 Å². The third kappa shape index (κ3) is 2.93. The van der Waals surface area contributed by atoms with Crippen molar-refractivity contribution in [2.45, 2.75) is 29.5 Å². The summed E-state index contributed by atoms with van der Waals surface area (Å²) in [5.41, 5.74) is 0. The highest BCUT2D eigenvalue weighted by Crippen LogP contribution is 2.26. The number of carbonyl (C=O) groups excluding carboxylic acids is 1. The van der Waals surface area contributed by atoms with Crippen LogP contribution >= 0.6 is 11.3 Å². The number of carbonyl (C=O) groups is 1. The standard InChI is InChI=1S/C13H18N2O4S2/c16-13-15(6-2-9-19-13)11-4-7-14(8-5-11)21(17,18)12-3-1-10-20-12/h1,3,10-11H,2,4-9H2. The van der Waals surface area contributed by atoms with Crippen molar-refractivity contribution in [2.24, 2.45) is 0 Å². The molecule has 1 amide bonds. The Kier molecular flexibility index (Phi) is 4.19. The van der Waals surface area contributed by atoms with Gasteiger partial charge in [-0.2, -0.15) is 4.31 Å². The average Bonchev–Trinajstić information content (AvgIpc) is 3.03. The molecule has 2 fully saturated rings. The highest BCUT2D eigenvalue weighted by Gasteiger charge is 2.34. The molecule has 2 aliphatic heterocycles. The fourth-order valence-corrected chi connectivity index (χ4v) is 5.45. The zero-order valence-electron chi connectivity index (χ0n) is 11.6. The molecule has 6 nitrogen and oxygen atoms in total. The van der Waals surface area contributed by atoms with E-state index in [1.54, 1.807) is 22.4 Å². The smallest absolute Gasteiger partial charge is 0.410 e. The van der Waals surface area contributed by atoms with E-state index in [2.05, 4.69) is 0 Å². The van der Waals surface area contributed by atoms with Crippen LogP contribution in [0.5, 0.6) is 0 Å². The second-order valence-corrected chi connectivity index (χ2v) is 8.34. The molecule has 0 radical (unpaired) electrons. The molecule has 21 heavy (non-hydrogen) atoms. The first-order valence-corrected chi connectivity index (χ1v) is 9.38. The highest BCUT2D eigenvalue weighted by molar-refractivity contribution is 7.91. The van der Waals surface area contributed by atoms with Gasteiger partial charge in [-0.05, 0) is 30.7 Å². The van der Waals surface area contributed by atoms with Crippen LogP contribution in [0.2, 0.25) is 0 Å². The molecule has 0 spiro atoms. The van der Waals surface area contributed by atoms with Crippen LogP contribution in [0.1, 0.15) is 19.3 Å². The van der Waals surface area contributed by atoms with E-state index in [9.17, 15) is 13.2 Å². The number of cyclic esters (lactones) is 1. The van der Waals surface area contributed by atoms with Crippen LogP contribution in [0, 0.1) is 0 Å². The summed E-state index contributed by atoms with van der Waals surface area (Å²) in [7, 11) is -3.37. The van der Waals surface area contributed by atoms with Crippen LogP contribution < -0.4 is 0 Å². The number of hydrogen-bond acceptors (Lipinski definition) is 5. The van der Waals surface area contributed by atoms with Crippen LogP contribution in [-0.2, 0) is 14.8 Å². The molecular formula is C13H18N2O4S2. The van der Waals surface area contributed by atoms with Gasteiger partial charge in [-0.1, -0.05) is 6.07 Å². The van der Waals surface area contributed by atoms with Gasteiger partial charge in [0, 0.05) is 25.7 Å². The van der Waals surface area contributed by atoms with E-state index >= 15 is 0 Å². The van der Waals surface area contributed by atoms with Crippen LogP contribution in [0.4, 0.5) is 4.79 Å². The number of piperidine rings is 1. The van der Waals surface area contributed by atoms with Gasteiger partial charge in [-0.15, -0.1) is 11.3 Å². The minimum atomic E-state index is -3.37. The fourth-order valence-electron chi connectivity index (χ4n) is 2.83. The van der Waals surface area contributed by atoms with Crippen LogP contribution in [-0.4, -0.2) is 56.0 Å². The van der Waals surface area contributed by atoms with Crippen LogP contribution in [0.3, 0.4) is 0 Å². The van der Waals surface area contributed by atoms with Gasteiger partial charge in [-0.3, -0.25) is 0 Å². The molecule has 0 bridgehead atoms. The summed E-state index contributed by atoms with van der Waals surface area (Å²) in [6.45, 7) is 2.10. The molecule has 3 rings (SSSR count). The number of thiophene rings is 1. The van der Waals surface area contributed by atoms with E-state index in [0.717, 1.165) is 6.42 Å². The summed E-state index contributed by atoms with van der Waals surface area (Å²) in [4.78, 5) is 13.5. The summed E-state index contributed by atoms with van der Waals surface area (Å²) in [5, 5.41) is 1.77. The van der Waals surface area contributed by atoms with Crippen molar-refractivity contribution in [3.63, 3.8) is 0 Å². The lowest BCUT2D eigenvalue weighted by atomic mass is 10.0. The predicted molar refractivity (Wildman–Crippen MR) is 78.8 cm³/mol. The van der Waals surface area contributed by atoms with Gasteiger partial charge in [0.25, 0.3) is 10.0 Å². The molecule has 3 heterocycles. The summed E-state index contributed by atoms with van der Waals surface area (Å²) in [6, 6.07) is 3.47. The number of ether oxygens (including phenoxy) is 1. The maximum Gasteiger partial charge on any atom is 0.410 e. The van der Waals surface area contributed by atoms with E-state index in [4.69, 9.17) is 4.74 Å². The quantitative estimate of drug-likeness (QED) is 0.847. The number of nitrogens with zero attached hydrogens (tertiary/aromatic N) is 2. The van der Waals surface area contributed by atoms with Gasteiger partial charge in [0.05, 0.1) is 6.61 Å². The van der Waals surface area contributed by atoms with Crippen LogP contribution in [0.15, 0.2) is 21.7 Å². The maximum absolute atomic E-state index is 12.4. The third-order valence-electron chi connectivity index (χ3n) is 3.96. The molecule has 8 heteroatoms. The van der Waals surface area contributed by atoms with Crippen molar-refractivity contribution in [2.75, 3.05) is 26.2 Å². The molecule has 2 aliphatic rings. The second-order valence-electron chi connectivity index (χ2n) is 5.23. The Morgan fingerprint density at radius 3 is 2.62 bits per heavy atom. The van der Waals surface area contributed by atoms with Crippen molar-refractivity contribution < 1.29 is 17.9 Å². The van der Waals surface area contributed by atoms with Gasteiger partial charge >= 0.3 is 6.09 Å². The van der Waals surface area contributed by atoms with E-state index < -0.39 is 10.0 Å². The molecule has 0 saturated carbocycles. The van der Waals surface area contributed by atoms with Crippen molar-refractivity contribution in [1.29, 1.82) is 0 Å². The average molecular weight is 330 g/mol. The summed E-state index contributed by atoms with van der Waals surface area (Å²) in [6.07, 6.45) is 1.92. The van der Waals surface area contributed by atoms with E-state index in [1.165, 1.54) is 15.6 Å². The zero-order valence-corrected chi connectivity index (χ0v) is 13.2. The Morgan fingerprint density at radius 2 is 2.00 bits per heavy atom. The molecule has 0 aromatic carbocycles.